The molecule has 1 atom stereocenters. The number of primary amides is 1. The quantitative estimate of drug-likeness (QED) is 0.918. The molecule has 1 unspecified atom stereocenters. The molecule has 0 spiro atoms. The van der Waals surface area contributed by atoms with Crippen molar-refractivity contribution < 1.29 is 17.9 Å². The number of sulfone groups is 1. The van der Waals surface area contributed by atoms with Crippen LogP contribution in [-0.4, -0.2) is 20.3 Å². The maximum absolute atomic E-state index is 12.4. The van der Waals surface area contributed by atoms with E-state index in [1.165, 1.54) is 12.1 Å². The van der Waals surface area contributed by atoms with Crippen LogP contribution in [0.15, 0.2) is 65.6 Å². The minimum atomic E-state index is -3.59. The van der Waals surface area contributed by atoms with E-state index in [1.807, 2.05) is 0 Å². The van der Waals surface area contributed by atoms with Gasteiger partial charge in [-0.05, 0) is 17.7 Å². The second-order valence-electron chi connectivity index (χ2n) is 4.43. The van der Waals surface area contributed by atoms with Crippen LogP contribution in [0.1, 0.15) is 11.7 Å². The molecule has 0 radical (unpaired) electrons. The average Bonchev–Trinajstić information content (AvgIpc) is 2.48. The molecule has 1 amide bonds. The molecular weight excluding hydrogens is 290 g/mol. The van der Waals surface area contributed by atoms with Crippen molar-refractivity contribution >= 4 is 15.9 Å². The lowest BCUT2D eigenvalue weighted by Gasteiger charge is -2.17. The van der Waals surface area contributed by atoms with Crippen molar-refractivity contribution in [3.8, 4) is 0 Å². The van der Waals surface area contributed by atoms with Crippen LogP contribution in [0, 0.1) is 0 Å². The third kappa shape index (κ3) is 4.06. The summed E-state index contributed by atoms with van der Waals surface area (Å²) in [6.45, 7) is 0. The predicted octanol–water partition coefficient (Wildman–Crippen LogP) is 2.30. The van der Waals surface area contributed by atoms with Gasteiger partial charge in [0.15, 0.2) is 9.84 Å². The molecule has 2 aromatic carbocycles. The first kappa shape index (κ1) is 15.1. The van der Waals surface area contributed by atoms with Gasteiger partial charge >= 0.3 is 6.09 Å². The van der Waals surface area contributed by atoms with Crippen LogP contribution in [0.4, 0.5) is 4.79 Å². The normalized spacial score (nSPS) is 12.6. The maximum atomic E-state index is 12.4. The molecule has 2 N–H and O–H groups in total. The van der Waals surface area contributed by atoms with Crippen molar-refractivity contribution in [2.45, 2.75) is 11.0 Å². The van der Waals surface area contributed by atoms with Gasteiger partial charge in [0.25, 0.3) is 0 Å². The molecule has 21 heavy (non-hydrogen) atoms. The summed E-state index contributed by atoms with van der Waals surface area (Å²) in [5, 5.41) is 0. The Morgan fingerprint density at radius 3 is 2.05 bits per heavy atom. The van der Waals surface area contributed by atoms with E-state index in [4.69, 9.17) is 10.5 Å². The second-order valence-corrected chi connectivity index (χ2v) is 6.46. The summed E-state index contributed by atoms with van der Waals surface area (Å²) in [7, 11) is -3.59. The highest BCUT2D eigenvalue weighted by molar-refractivity contribution is 7.91. The number of hydrogen-bond acceptors (Lipinski definition) is 4. The van der Waals surface area contributed by atoms with Crippen molar-refractivity contribution in [1.82, 2.24) is 0 Å². The third-order valence-electron chi connectivity index (χ3n) is 2.90. The van der Waals surface area contributed by atoms with E-state index in [-0.39, 0.29) is 10.6 Å². The molecule has 0 bridgehead atoms. The molecule has 0 aliphatic rings. The molecule has 6 heteroatoms. The number of benzene rings is 2. The van der Waals surface area contributed by atoms with Gasteiger partial charge in [-0.2, -0.15) is 0 Å². The topological polar surface area (TPSA) is 86.5 Å². The van der Waals surface area contributed by atoms with Crippen molar-refractivity contribution in [2.24, 2.45) is 5.73 Å². The molecule has 0 aliphatic heterocycles. The van der Waals surface area contributed by atoms with Crippen LogP contribution in [0.3, 0.4) is 0 Å². The standard InChI is InChI=1S/C15H15NO4S/c16-15(17)20-14(12-7-3-1-4-8-12)11-21(18,19)13-9-5-2-6-10-13/h1-10,14H,11H2,(H2,16,17). The van der Waals surface area contributed by atoms with Crippen LogP contribution in [0.25, 0.3) is 0 Å². The highest BCUT2D eigenvalue weighted by Gasteiger charge is 2.25. The van der Waals surface area contributed by atoms with Crippen molar-refractivity contribution in [3.63, 3.8) is 0 Å². The smallest absolute Gasteiger partial charge is 0.405 e. The minimum absolute atomic E-state index is 0.180. The molecule has 0 aliphatic carbocycles. The largest absolute Gasteiger partial charge is 0.440 e. The van der Waals surface area contributed by atoms with E-state index in [0.717, 1.165) is 0 Å². The van der Waals surface area contributed by atoms with Gasteiger partial charge in [-0.25, -0.2) is 13.2 Å². The van der Waals surface area contributed by atoms with Crippen LogP contribution in [0.5, 0.6) is 0 Å². The van der Waals surface area contributed by atoms with E-state index < -0.39 is 22.0 Å². The molecule has 5 nitrogen and oxygen atoms in total. The van der Waals surface area contributed by atoms with Gasteiger partial charge in [-0.1, -0.05) is 48.5 Å². The lowest BCUT2D eigenvalue weighted by molar-refractivity contribution is 0.118. The number of ether oxygens (including phenoxy) is 1. The molecular formula is C15H15NO4S. The number of carbonyl (C=O) groups is 1. The Kier molecular flexibility index (Phi) is 4.59. The zero-order valence-electron chi connectivity index (χ0n) is 11.2. The van der Waals surface area contributed by atoms with Gasteiger partial charge in [0.2, 0.25) is 0 Å². The summed E-state index contributed by atoms with van der Waals surface area (Å²) in [4.78, 5) is 11.2. The molecule has 0 fully saturated rings. The Labute approximate surface area is 123 Å². The van der Waals surface area contributed by atoms with Gasteiger partial charge < -0.3 is 10.5 Å². The highest BCUT2D eigenvalue weighted by Crippen LogP contribution is 2.23. The van der Waals surface area contributed by atoms with Crippen LogP contribution >= 0.6 is 0 Å². The van der Waals surface area contributed by atoms with E-state index in [1.54, 1.807) is 48.5 Å². The van der Waals surface area contributed by atoms with Crippen molar-refractivity contribution in [2.75, 3.05) is 5.75 Å². The fourth-order valence-corrected chi connectivity index (χ4v) is 3.35. The van der Waals surface area contributed by atoms with Gasteiger partial charge in [-0.15, -0.1) is 0 Å². The predicted molar refractivity (Wildman–Crippen MR) is 78.3 cm³/mol. The zero-order chi connectivity index (χ0) is 15.3. The lowest BCUT2D eigenvalue weighted by Crippen LogP contribution is -2.23. The maximum Gasteiger partial charge on any atom is 0.405 e. The van der Waals surface area contributed by atoms with Gasteiger partial charge in [-0.3, -0.25) is 0 Å². The summed E-state index contributed by atoms with van der Waals surface area (Å²) in [5.41, 5.74) is 5.61. The van der Waals surface area contributed by atoms with Gasteiger partial charge in [0.05, 0.1) is 10.6 Å². The number of nitrogens with two attached hydrogens (primary N) is 1. The molecule has 0 aromatic heterocycles. The van der Waals surface area contributed by atoms with E-state index in [0.29, 0.717) is 5.56 Å². The number of hydrogen-bond donors (Lipinski definition) is 1. The molecule has 0 heterocycles. The Hall–Kier alpha value is -2.34. The summed E-state index contributed by atoms with van der Waals surface area (Å²) in [6.07, 6.45) is -1.94. The number of rotatable bonds is 5. The van der Waals surface area contributed by atoms with E-state index in [2.05, 4.69) is 0 Å². The summed E-state index contributed by atoms with van der Waals surface area (Å²) in [6, 6.07) is 16.7. The first-order valence-electron chi connectivity index (χ1n) is 6.28. The molecule has 0 saturated heterocycles. The van der Waals surface area contributed by atoms with E-state index in [9.17, 15) is 13.2 Å². The minimum Gasteiger partial charge on any atom is -0.440 e. The lowest BCUT2D eigenvalue weighted by atomic mass is 10.1. The van der Waals surface area contributed by atoms with Gasteiger partial charge in [0, 0.05) is 0 Å². The van der Waals surface area contributed by atoms with Crippen molar-refractivity contribution in [1.29, 1.82) is 0 Å². The Bertz CT molecular complexity index is 699. The zero-order valence-corrected chi connectivity index (χ0v) is 12.0. The molecule has 110 valence electrons. The first-order chi connectivity index (χ1) is 9.99. The second kappa shape index (κ2) is 6.41. The van der Waals surface area contributed by atoms with Crippen LogP contribution in [0.2, 0.25) is 0 Å². The highest BCUT2D eigenvalue weighted by atomic mass is 32.2. The molecule has 2 rings (SSSR count). The summed E-state index contributed by atoms with van der Waals surface area (Å²) >= 11 is 0. The Balaban J connectivity index is 2.29. The fraction of sp³-hybridized carbons (Fsp3) is 0.133. The summed E-state index contributed by atoms with van der Waals surface area (Å²) < 4.78 is 29.7. The molecule has 0 saturated carbocycles. The fourth-order valence-electron chi connectivity index (χ4n) is 1.93. The Morgan fingerprint density at radius 2 is 1.52 bits per heavy atom. The number of amides is 1. The first-order valence-corrected chi connectivity index (χ1v) is 7.93. The average molecular weight is 305 g/mol. The summed E-state index contributed by atoms with van der Waals surface area (Å²) in [5.74, 6) is -0.357. The molecule has 2 aromatic rings. The Morgan fingerprint density at radius 1 is 1.00 bits per heavy atom. The monoisotopic (exact) mass is 305 g/mol. The van der Waals surface area contributed by atoms with Gasteiger partial charge in [0.1, 0.15) is 6.10 Å². The van der Waals surface area contributed by atoms with E-state index >= 15 is 0 Å². The van der Waals surface area contributed by atoms with Crippen LogP contribution < -0.4 is 5.73 Å². The third-order valence-corrected chi connectivity index (χ3v) is 4.63. The van der Waals surface area contributed by atoms with Crippen LogP contribution in [-0.2, 0) is 14.6 Å². The van der Waals surface area contributed by atoms with Crippen molar-refractivity contribution in [3.05, 3.63) is 66.2 Å². The SMILES string of the molecule is NC(=O)OC(CS(=O)(=O)c1ccccc1)c1ccccc1. The number of carbonyl (C=O) groups excluding carboxylic acids is 1.